The summed E-state index contributed by atoms with van der Waals surface area (Å²) < 4.78 is 7.56. The van der Waals surface area contributed by atoms with Gasteiger partial charge in [-0.15, -0.1) is 0 Å². The number of aromatic nitrogens is 4. The summed E-state index contributed by atoms with van der Waals surface area (Å²) in [5.41, 5.74) is 6.63. The monoisotopic (exact) mass is 435 g/mol. The Labute approximate surface area is 186 Å². The summed E-state index contributed by atoms with van der Waals surface area (Å²) in [6.45, 7) is 3.93. The number of nitrogens with two attached hydrogens (primary N) is 1. The van der Waals surface area contributed by atoms with Crippen molar-refractivity contribution in [2.75, 3.05) is 37.3 Å². The lowest BCUT2D eigenvalue weighted by atomic mass is 10.2. The molecule has 1 aliphatic carbocycles. The molecule has 5 rings (SSSR count). The molecule has 1 saturated heterocycles. The Morgan fingerprint density at radius 3 is 2.66 bits per heavy atom. The second-order valence-corrected chi connectivity index (χ2v) is 8.59. The van der Waals surface area contributed by atoms with Gasteiger partial charge in [0, 0.05) is 24.2 Å². The molecule has 0 bridgehead atoms. The smallest absolute Gasteiger partial charge is 0.275 e. The highest BCUT2D eigenvalue weighted by Gasteiger charge is 2.22. The van der Waals surface area contributed by atoms with Crippen LogP contribution >= 0.6 is 0 Å². The predicted molar refractivity (Wildman–Crippen MR) is 124 cm³/mol. The first-order chi connectivity index (χ1) is 15.7. The van der Waals surface area contributed by atoms with E-state index in [9.17, 15) is 4.79 Å². The van der Waals surface area contributed by atoms with E-state index in [4.69, 9.17) is 10.5 Å². The van der Waals surface area contributed by atoms with Crippen molar-refractivity contribution in [2.24, 2.45) is 0 Å². The standard InChI is InChI=1S/C23H29N7O2/c24-19-13-16-14-26-23(28-21(16)30(22(19)31)17-5-1-2-6-17)27-20-8-7-18(15-25-20)32-12-11-29-9-3-4-10-29/h7-8,13-15,17H,1-6,9-12,24H2,(H,25,26,27,28). The van der Waals surface area contributed by atoms with Gasteiger partial charge in [-0.05, 0) is 57.0 Å². The van der Waals surface area contributed by atoms with Crippen molar-refractivity contribution in [2.45, 2.75) is 44.6 Å². The minimum absolute atomic E-state index is 0.131. The molecule has 4 heterocycles. The Morgan fingerprint density at radius 1 is 1.09 bits per heavy atom. The molecule has 168 valence electrons. The number of fused-ring (bicyclic) bond motifs is 1. The van der Waals surface area contributed by atoms with Crippen molar-refractivity contribution in [3.8, 4) is 5.75 Å². The van der Waals surface area contributed by atoms with E-state index in [2.05, 4.69) is 25.2 Å². The van der Waals surface area contributed by atoms with Crippen molar-refractivity contribution < 1.29 is 4.74 Å². The van der Waals surface area contributed by atoms with Crippen LogP contribution < -0.4 is 21.3 Å². The highest BCUT2D eigenvalue weighted by molar-refractivity contribution is 5.79. The fourth-order valence-electron chi connectivity index (χ4n) is 4.66. The number of ether oxygens (including phenoxy) is 1. The summed E-state index contributed by atoms with van der Waals surface area (Å²) in [5.74, 6) is 1.74. The number of nitrogens with one attached hydrogen (secondary N) is 1. The van der Waals surface area contributed by atoms with Gasteiger partial charge in [-0.25, -0.2) is 9.97 Å². The number of hydrogen-bond donors (Lipinski definition) is 2. The quantitative estimate of drug-likeness (QED) is 0.582. The third-order valence-corrected chi connectivity index (χ3v) is 6.34. The molecule has 2 fully saturated rings. The van der Waals surface area contributed by atoms with E-state index in [-0.39, 0.29) is 17.3 Å². The molecule has 0 radical (unpaired) electrons. The van der Waals surface area contributed by atoms with Gasteiger partial charge in [0.2, 0.25) is 5.95 Å². The van der Waals surface area contributed by atoms with Gasteiger partial charge >= 0.3 is 0 Å². The zero-order valence-electron chi connectivity index (χ0n) is 18.2. The van der Waals surface area contributed by atoms with Gasteiger partial charge in [0.05, 0.1) is 11.9 Å². The third kappa shape index (κ3) is 4.38. The Morgan fingerprint density at radius 2 is 1.91 bits per heavy atom. The summed E-state index contributed by atoms with van der Waals surface area (Å²) in [7, 11) is 0. The maximum absolute atomic E-state index is 12.8. The second kappa shape index (κ2) is 9.12. The van der Waals surface area contributed by atoms with Crippen LogP contribution in [0.2, 0.25) is 0 Å². The predicted octanol–water partition coefficient (Wildman–Crippen LogP) is 3.10. The SMILES string of the molecule is Nc1cc2cnc(Nc3ccc(OCCN4CCCC4)cn3)nc2n(C2CCCC2)c1=O. The number of rotatable bonds is 7. The van der Waals surface area contributed by atoms with E-state index in [0.29, 0.717) is 24.0 Å². The Bertz CT molecular complexity index is 1130. The lowest BCUT2D eigenvalue weighted by molar-refractivity contribution is 0.237. The van der Waals surface area contributed by atoms with Crippen LogP contribution in [0.5, 0.6) is 5.75 Å². The van der Waals surface area contributed by atoms with Gasteiger partial charge in [0.15, 0.2) is 0 Å². The van der Waals surface area contributed by atoms with Gasteiger partial charge < -0.3 is 15.8 Å². The molecular weight excluding hydrogens is 406 g/mol. The van der Waals surface area contributed by atoms with Crippen LogP contribution in [0.15, 0.2) is 35.4 Å². The first-order valence-electron chi connectivity index (χ1n) is 11.4. The maximum atomic E-state index is 12.8. The summed E-state index contributed by atoms with van der Waals surface area (Å²) in [4.78, 5) is 28.6. The first kappa shape index (κ1) is 20.7. The summed E-state index contributed by atoms with van der Waals surface area (Å²) in [6, 6.07) is 5.51. The molecule has 1 saturated carbocycles. The van der Waals surface area contributed by atoms with E-state index < -0.39 is 0 Å². The minimum atomic E-state index is -0.178. The molecule has 3 aromatic rings. The van der Waals surface area contributed by atoms with E-state index in [1.165, 1.54) is 12.8 Å². The highest BCUT2D eigenvalue weighted by atomic mass is 16.5. The van der Waals surface area contributed by atoms with Gasteiger partial charge in [0.1, 0.15) is 23.8 Å². The number of pyridine rings is 2. The largest absolute Gasteiger partial charge is 0.491 e. The Hall–Kier alpha value is -3.20. The summed E-state index contributed by atoms with van der Waals surface area (Å²) in [5, 5.41) is 3.89. The van der Waals surface area contributed by atoms with E-state index in [1.807, 2.05) is 12.1 Å². The minimum Gasteiger partial charge on any atom is -0.491 e. The van der Waals surface area contributed by atoms with Gasteiger partial charge in [-0.3, -0.25) is 14.3 Å². The fourth-order valence-corrected chi connectivity index (χ4v) is 4.66. The molecule has 3 aromatic heterocycles. The second-order valence-electron chi connectivity index (χ2n) is 8.59. The molecular formula is C23H29N7O2. The molecule has 0 atom stereocenters. The number of nitrogens with zero attached hydrogens (tertiary/aromatic N) is 5. The van der Waals surface area contributed by atoms with E-state index in [0.717, 1.165) is 56.5 Å². The lowest BCUT2D eigenvalue weighted by Gasteiger charge is -2.17. The van der Waals surface area contributed by atoms with Crippen molar-refractivity contribution in [1.29, 1.82) is 0 Å². The van der Waals surface area contributed by atoms with Crippen LogP contribution in [-0.4, -0.2) is 50.7 Å². The first-order valence-corrected chi connectivity index (χ1v) is 11.4. The molecule has 1 aliphatic heterocycles. The normalized spacial score (nSPS) is 17.2. The number of likely N-dealkylation sites (tertiary alicyclic amines) is 1. The average molecular weight is 436 g/mol. The average Bonchev–Trinajstić information content (AvgIpc) is 3.51. The summed E-state index contributed by atoms with van der Waals surface area (Å²) in [6.07, 6.45) is 10.1. The summed E-state index contributed by atoms with van der Waals surface area (Å²) >= 11 is 0. The molecule has 32 heavy (non-hydrogen) atoms. The topological polar surface area (TPSA) is 111 Å². The molecule has 2 aliphatic rings. The third-order valence-electron chi connectivity index (χ3n) is 6.34. The molecule has 0 aromatic carbocycles. The molecule has 0 unspecified atom stereocenters. The Balaban J connectivity index is 1.31. The van der Waals surface area contributed by atoms with Crippen molar-refractivity contribution in [1.82, 2.24) is 24.4 Å². The zero-order valence-corrected chi connectivity index (χ0v) is 18.2. The number of anilines is 3. The van der Waals surface area contributed by atoms with Crippen LogP contribution in [0.3, 0.4) is 0 Å². The van der Waals surface area contributed by atoms with E-state index >= 15 is 0 Å². The van der Waals surface area contributed by atoms with Crippen molar-refractivity contribution >= 4 is 28.5 Å². The molecule has 9 nitrogen and oxygen atoms in total. The molecule has 9 heteroatoms. The number of hydrogen-bond acceptors (Lipinski definition) is 8. The van der Waals surface area contributed by atoms with Gasteiger partial charge in [-0.1, -0.05) is 12.8 Å². The van der Waals surface area contributed by atoms with Gasteiger partial charge in [0.25, 0.3) is 5.56 Å². The van der Waals surface area contributed by atoms with Crippen molar-refractivity contribution in [3.63, 3.8) is 0 Å². The lowest BCUT2D eigenvalue weighted by Crippen LogP contribution is -2.27. The zero-order chi connectivity index (χ0) is 21.9. The maximum Gasteiger partial charge on any atom is 0.275 e. The van der Waals surface area contributed by atoms with Crippen LogP contribution in [-0.2, 0) is 0 Å². The van der Waals surface area contributed by atoms with Gasteiger partial charge in [-0.2, -0.15) is 4.98 Å². The fraction of sp³-hybridized carbons (Fsp3) is 0.478. The van der Waals surface area contributed by atoms with Crippen molar-refractivity contribution in [3.05, 3.63) is 40.9 Å². The number of nitrogen functional groups attached to an aromatic ring is 1. The molecule has 0 spiro atoms. The molecule has 0 amide bonds. The van der Waals surface area contributed by atoms with Crippen LogP contribution in [0.25, 0.3) is 11.0 Å². The Kier molecular flexibility index (Phi) is 5.89. The van der Waals surface area contributed by atoms with Crippen LogP contribution in [0.1, 0.15) is 44.6 Å². The van der Waals surface area contributed by atoms with E-state index in [1.54, 1.807) is 23.0 Å². The molecule has 3 N–H and O–H groups in total. The van der Waals surface area contributed by atoms with Crippen LogP contribution in [0.4, 0.5) is 17.5 Å². The van der Waals surface area contributed by atoms with Crippen LogP contribution in [0, 0.1) is 0 Å². The highest BCUT2D eigenvalue weighted by Crippen LogP contribution is 2.31.